The highest BCUT2D eigenvalue weighted by Gasteiger charge is 1.96. The first-order chi connectivity index (χ1) is 3.41. The Hall–Kier alpha value is -0.120. The monoisotopic (exact) mass is 104 g/mol. The van der Waals surface area contributed by atoms with Gasteiger partial charge in [0.05, 0.1) is 5.32 Å². The standard InChI is InChI=1S/C4H10NO2/c6-3-1-5-2-4-7/h6-7H,1-4H2/q+1. The van der Waals surface area contributed by atoms with E-state index >= 15 is 0 Å². The zero-order valence-corrected chi connectivity index (χ0v) is 4.17. The molecule has 0 spiro atoms. The molecule has 0 aliphatic carbocycles. The van der Waals surface area contributed by atoms with Gasteiger partial charge >= 0.3 is 0 Å². The third-order valence-corrected chi connectivity index (χ3v) is 0.516. The van der Waals surface area contributed by atoms with E-state index in [-0.39, 0.29) is 13.2 Å². The molecule has 2 radical (unpaired) electrons. The molecule has 42 valence electrons. The fraction of sp³-hybridized carbons (Fsp3) is 1.00. The van der Waals surface area contributed by atoms with Crippen LogP contribution in [-0.4, -0.2) is 36.5 Å². The molecular weight excluding hydrogens is 94.0 g/mol. The molecule has 0 aromatic carbocycles. The van der Waals surface area contributed by atoms with Crippen molar-refractivity contribution in [3.8, 4) is 0 Å². The van der Waals surface area contributed by atoms with Gasteiger partial charge in [0.1, 0.15) is 13.2 Å². The van der Waals surface area contributed by atoms with Gasteiger partial charge in [0.25, 0.3) is 0 Å². The molecular formula is C4H10NO2+. The van der Waals surface area contributed by atoms with Crippen molar-refractivity contribution >= 4 is 0 Å². The predicted octanol–water partition coefficient (Wildman–Crippen LogP) is -1.42. The average molecular weight is 104 g/mol. The summed E-state index contributed by atoms with van der Waals surface area (Å²) in [7, 11) is 0. The van der Waals surface area contributed by atoms with E-state index in [1.807, 2.05) is 0 Å². The summed E-state index contributed by atoms with van der Waals surface area (Å²) in [6, 6.07) is 0. The normalized spacial score (nSPS) is 9.43. The largest absolute Gasteiger partial charge is 0.390 e. The van der Waals surface area contributed by atoms with Crippen molar-refractivity contribution in [1.82, 2.24) is 5.32 Å². The van der Waals surface area contributed by atoms with Crippen molar-refractivity contribution in [2.24, 2.45) is 0 Å². The smallest absolute Gasteiger partial charge is 0.206 e. The summed E-state index contributed by atoms with van der Waals surface area (Å²) in [6.45, 7) is 1.06. The second-order valence-electron chi connectivity index (χ2n) is 1.12. The maximum absolute atomic E-state index is 8.12. The van der Waals surface area contributed by atoms with Crippen LogP contribution in [-0.2, 0) is 0 Å². The predicted molar refractivity (Wildman–Crippen MR) is 26.0 cm³/mol. The lowest BCUT2D eigenvalue weighted by molar-refractivity contribution is 0.264. The van der Waals surface area contributed by atoms with Gasteiger partial charge in [0, 0.05) is 0 Å². The van der Waals surface area contributed by atoms with E-state index in [2.05, 4.69) is 5.32 Å². The molecule has 0 amide bonds. The SMILES string of the molecule is OCC[N+]CCO. The molecule has 7 heavy (non-hydrogen) atoms. The van der Waals surface area contributed by atoms with Crippen LogP contribution in [0.5, 0.6) is 0 Å². The van der Waals surface area contributed by atoms with Gasteiger partial charge in [-0.05, 0) is 0 Å². The number of aliphatic hydroxyl groups is 2. The van der Waals surface area contributed by atoms with Crippen LogP contribution in [0.15, 0.2) is 0 Å². The lowest BCUT2D eigenvalue weighted by Crippen LogP contribution is -2.13. The molecule has 0 aromatic heterocycles. The molecule has 3 heteroatoms. The van der Waals surface area contributed by atoms with Crippen LogP contribution in [0.25, 0.3) is 0 Å². The van der Waals surface area contributed by atoms with Crippen molar-refractivity contribution < 1.29 is 10.2 Å². The van der Waals surface area contributed by atoms with Gasteiger partial charge < -0.3 is 10.2 Å². The van der Waals surface area contributed by atoms with Gasteiger partial charge in [-0.15, -0.1) is 0 Å². The Morgan fingerprint density at radius 1 is 1.00 bits per heavy atom. The molecule has 0 atom stereocenters. The first kappa shape index (κ1) is 6.88. The lowest BCUT2D eigenvalue weighted by Gasteiger charge is -1.76. The molecule has 0 aliphatic heterocycles. The van der Waals surface area contributed by atoms with E-state index in [0.29, 0.717) is 13.1 Å². The van der Waals surface area contributed by atoms with E-state index in [0.717, 1.165) is 0 Å². The lowest BCUT2D eigenvalue weighted by atomic mass is 10.6. The third kappa shape index (κ3) is 5.88. The van der Waals surface area contributed by atoms with Crippen molar-refractivity contribution in [3.63, 3.8) is 0 Å². The Morgan fingerprint density at radius 3 is 1.71 bits per heavy atom. The van der Waals surface area contributed by atoms with Gasteiger partial charge in [-0.2, -0.15) is 0 Å². The number of hydrogen-bond donors (Lipinski definition) is 2. The molecule has 0 aliphatic rings. The van der Waals surface area contributed by atoms with Gasteiger partial charge in [0.15, 0.2) is 0 Å². The van der Waals surface area contributed by atoms with Gasteiger partial charge in [-0.3, -0.25) is 0 Å². The Morgan fingerprint density at radius 2 is 1.43 bits per heavy atom. The summed E-state index contributed by atoms with van der Waals surface area (Å²) >= 11 is 0. The van der Waals surface area contributed by atoms with E-state index in [1.165, 1.54) is 0 Å². The van der Waals surface area contributed by atoms with Crippen LogP contribution in [0, 0.1) is 0 Å². The number of rotatable bonds is 4. The zero-order chi connectivity index (χ0) is 5.54. The Balaban J connectivity index is 2.45. The highest BCUT2D eigenvalue weighted by Crippen LogP contribution is 1.58. The van der Waals surface area contributed by atoms with Crippen molar-refractivity contribution in [2.75, 3.05) is 26.3 Å². The van der Waals surface area contributed by atoms with Crippen LogP contribution in [0.3, 0.4) is 0 Å². The summed E-state index contributed by atoms with van der Waals surface area (Å²) < 4.78 is 0. The number of aliphatic hydroxyl groups excluding tert-OH is 2. The fourth-order valence-corrected chi connectivity index (χ4v) is 0.253. The van der Waals surface area contributed by atoms with Crippen LogP contribution in [0.4, 0.5) is 0 Å². The second-order valence-corrected chi connectivity index (χ2v) is 1.12. The fourth-order valence-electron chi connectivity index (χ4n) is 0.253. The minimum atomic E-state index is 0.0833. The number of hydrogen-bond acceptors (Lipinski definition) is 2. The molecule has 3 nitrogen and oxygen atoms in total. The summed E-state index contributed by atoms with van der Waals surface area (Å²) in [5.74, 6) is 0. The van der Waals surface area contributed by atoms with E-state index in [1.54, 1.807) is 0 Å². The highest BCUT2D eigenvalue weighted by atomic mass is 16.3. The summed E-state index contributed by atoms with van der Waals surface area (Å²) in [5, 5.41) is 19.9. The van der Waals surface area contributed by atoms with E-state index in [9.17, 15) is 0 Å². The topological polar surface area (TPSA) is 54.6 Å². The number of nitrogens with zero attached hydrogens (tertiary/aromatic N) is 1. The van der Waals surface area contributed by atoms with Crippen molar-refractivity contribution in [1.29, 1.82) is 0 Å². The third-order valence-electron chi connectivity index (χ3n) is 0.516. The summed E-state index contributed by atoms with van der Waals surface area (Å²) in [5.41, 5.74) is 0. The van der Waals surface area contributed by atoms with Crippen LogP contribution < -0.4 is 5.32 Å². The first-order valence-electron chi connectivity index (χ1n) is 2.26. The first-order valence-corrected chi connectivity index (χ1v) is 2.26. The van der Waals surface area contributed by atoms with Crippen LogP contribution in [0.1, 0.15) is 0 Å². The maximum Gasteiger partial charge on any atom is 0.206 e. The zero-order valence-electron chi connectivity index (χ0n) is 4.17. The molecule has 0 saturated heterocycles. The Bertz CT molecular complexity index is 28.9. The molecule has 0 heterocycles. The Kier molecular flexibility index (Phi) is 5.78. The van der Waals surface area contributed by atoms with Gasteiger partial charge in [0.2, 0.25) is 13.1 Å². The minimum Gasteiger partial charge on any atom is -0.390 e. The van der Waals surface area contributed by atoms with Crippen molar-refractivity contribution in [2.45, 2.75) is 0 Å². The van der Waals surface area contributed by atoms with E-state index in [4.69, 9.17) is 10.2 Å². The van der Waals surface area contributed by atoms with E-state index < -0.39 is 0 Å². The van der Waals surface area contributed by atoms with Crippen LogP contribution >= 0.6 is 0 Å². The molecule has 0 saturated carbocycles. The molecule has 0 unspecified atom stereocenters. The molecule has 2 N–H and O–H groups in total. The van der Waals surface area contributed by atoms with Gasteiger partial charge in [-0.1, -0.05) is 0 Å². The molecule has 0 bridgehead atoms. The highest BCUT2D eigenvalue weighted by molar-refractivity contribution is 4.39. The molecule has 0 fully saturated rings. The Labute approximate surface area is 43.0 Å². The molecule has 0 rings (SSSR count). The quantitative estimate of drug-likeness (QED) is 0.430. The summed E-state index contributed by atoms with van der Waals surface area (Å²) in [4.78, 5) is 0. The van der Waals surface area contributed by atoms with Crippen LogP contribution in [0.2, 0.25) is 0 Å². The van der Waals surface area contributed by atoms with Crippen molar-refractivity contribution in [3.05, 3.63) is 0 Å². The minimum absolute atomic E-state index is 0.0833. The maximum atomic E-state index is 8.12. The average Bonchev–Trinajstić information content (AvgIpc) is 1.69. The summed E-state index contributed by atoms with van der Waals surface area (Å²) in [6.07, 6.45) is 0. The molecule has 0 aromatic rings. The van der Waals surface area contributed by atoms with Gasteiger partial charge in [-0.25, -0.2) is 0 Å². The second kappa shape index (κ2) is 5.88.